The summed E-state index contributed by atoms with van der Waals surface area (Å²) < 4.78 is 2.03. The Morgan fingerprint density at radius 1 is 1.06 bits per heavy atom. The van der Waals surface area contributed by atoms with Crippen LogP contribution in [0, 0.1) is 0 Å². The van der Waals surface area contributed by atoms with Gasteiger partial charge in [-0.05, 0) is 81.4 Å². The molecule has 1 unspecified atom stereocenters. The van der Waals surface area contributed by atoms with Crippen molar-refractivity contribution in [1.29, 1.82) is 0 Å². The number of fused-ring (bicyclic) bond motifs is 1. The van der Waals surface area contributed by atoms with E-state index in [2.05, 4.69) is 62.8 Å². The van der Waals surface area contributed by atoms with E-state index in [0.29, 0.717) is 16.9 Å². The Bertz CT molecular complexity index is 1080. The van der Waals surface area contributed by atoms with Crippen molar-refractivity contribution in [1.82, 2.24) is 14.9 Å². The highest BCUT2D eigenvalue weighted by molar-refractivity contribution is 9.11. The molecule has 0 radical (unpaired) electrons. The summed E-state index contributed by atoms with van der Waals surface area (Å²) in [6.07, 6.45) is 6.17. The smallest absolute Gasteiger partial charge is 0.154 e. The lowest BCUT2D eigenvalue weighted by atomic mass is 10.1. The molecule has 0 amide bonds. The molecule has 3 rings (SSSR count). The van der Waals surface area contributed by atoms with Gasteiger partial charge >= 0.3 is 0 Å². The summed E-state index contributed by atoms with van der Waals surface area (Å²) in [6.45, 7) is 9.95. The first-order chi connectivity index (χ1) is 15.4. The lowest BCUT2D eigenvalue weighted by Gasteiger charge is -2.20. The molecule has 1 N–H and O–H groups in total. The second-order valence-electron chi connectivity index (χ2n) is 7.81. The molecule has 0 bridgehead atoms. The van der Waals surface area contributed by atoms with Gasteiger partial charge in [-0.2, -0.15) is 0 Å². The molecule has 0 aliphatic heterocycles. The van der Waals surface area contributed by atoms with Gasteiger partial charge in [0.15, 0.2) is 5.82 Å². The molecule has 1 atom stereocenters. The van der Waals surface area contributed by atoms with Crippen molar-refractivity contribution in [3.05, 3.63) is 61.8 Å². The zero-order chi connectivity index (χ0) is 23.1. The number of aromatic nitrogens is 2. The molecule has 0 saturated carbocycles. The molecule has 32 heavy (non-hydrogen) atoms. The highest BCUT2D eigenvalue weighted by atomic mass is 79.9. The SMILES string of the molecule is CCN(CC)CCCC(C)Nc1nc(C=Cc2ccc(Br)cc2Br)nc2cc(Cl)ccc12. The van der Waals surface area contributed by atoms with Crippen LogP contribution in [0.1, 0.15) is 45.0 Å². The molecule has 0 saturated heterocycles. The number of nitrogens with one attached hydrogen (secondary N) is 1. The van der Waals surface area contributed by atoms with Crippen LogP contribution >= 0.6 is 43.5 Å². The number of hydrogen-bond donors (Lipinski definition) is 1. The summed E-state index contributed by atoms with van der Waals surface area (Å²) in [5, 5.41) is 5.25. The molecule has 0 fully saturated rings. The molecule has 0 aliphatic carbocycles. The minimum Gasteiger partial charge on any atom is -0.367 e. The topological polar surface area (TPSA) is 41.0 Å². The van der Waals surface area contributed by atoms with E-state index in [4.69, 9.17) is 21.6 Å². The lowest BCUT2D eigenvalue weighted by molar-refractivity contribution is 0.295. The average Bonchev–Trinajstić information content (AvgIpc) is 2.76. The highest BCUT2D eigenvalue weighted by Gasteiger charge is 2.11. The molecule has 7 heteroatoms. The molecule has 1 aromatic heterocycles. The Labute approximate surface area is 212 Å². The number of halogens is 3. The van der Waals surface area contributed by atoms with Gasteiger partial charge in [-0.15, -0.1) is 0 Å². The van der Waals surface area contributed by atoms with E-state index in [0.717, 1.165) is 63.7 Å². The van der Waals surface area contributed by atoms with Crippen molar-refractivity contribution >= 4 is 72.3 Å². The van der Waals surface area contributed by atoms with Crippen LogP contribution in [-0.2, 0) is 0 Å². The van der Waals surface area contributed by atoms with Crippen LogP contribution in [0.15, 0.2) is 45.3 Å². The normalized spacial score (nSPS) is 12.7. The van der Waals surface area contributed by atoms with Crippen LogP contribution in [0.25, 0.3) is 23.1 Å². The number of benzene rings is 2. The summed E-state index contributed by atoms with van der Waals surface area (Å²) in [5.41, 5.74) is 1.89. The van der Waals surface area contributed by atoms with Gasteiger partial charge in [-0.3, -0.25) is 0 Å². The molecule has 0 aliphatic rings. The minimum absolute atomic E-state index is 0.303. The van der Waals surface area contributed by atoms with Crippen LogP contribution in [0.3, 0.4) is 0 Å². The van der Waals surface area contributed by atoms with Gasteiger partial charge < -0.3 is 10.2 Å². The van der Waals surface area contributed by atoms with Gasteiger partial charge in [0, 0.05) is 25.4 Å². The van der Waals surface area contributed by atoms with Crippen molar-refractivity contribution in [2.24, 2.45) is 0 Å². The molecular weight excluding hydrogens is 552 g/mol. The van der Waals surface area contributed by atoms with Crippen molar-refractivity contribution < 1.29 is 0 Å². The fourth-order valence-corrected chi connectivity index (χ4v) is 4.92. The Morgan fingerprint density at radius 3 is 2.56 bits per heavy atom. The fraction of sp³-hybridized carbons (Fsp3) is 0.360. The zero-order valence-electron chi connectivity index (χ0n) is 18.7. The lowest BCUT2D eigenvalue weighted by Crippen LogP contribution is -2.25. The van der Waals surface area contributed by atoms with E-state index >= 15 is 0 Å². The summed E-state index contributed by atoms with van der Waals surface area (Å²) in [5.74, 6) is 1.49. The summed E-state index contributed by atoms with van der Waals surface area (Å²) in [4.78, 5) is 12.0. The third-order valence-electron chi connectivity index (χ3n) is 5.44. The molecule has 3 aromatic rings. The Balaban J connectivity index is 1.82. The maximum absolute atomic E-state index is 6.25. The Kier molecular flexibility index (Phi) is 9.53. The summed E-state index contributed by atoms with van der Waals surface area (Å²) in [7, 11) is 0. The number of nitrogens with zero attached hydrogens (tertiary/aromatic N) is 3. The Morgan fingerprint density at radius 2 is 1.84 bits per heavy atom. The molecule has 4 nitrogen and oxygen atoms in total. The number of anilines is 1. The maximum Gasteiger partial charge on any atom is 0.154 e. The molecule has 1 heterocycles. The van der Waals surface area contributed by atoms with E-state index in [1.807, 2.05) is 48.6 Å². The first-order valence-electron chi connectivity index (χ1n) is 11.0. The second-order valence-corrected chi connectivity index (χ2v) is 10.0. The summed E-state index contributed by atoms with van der Waals surface area (Å²) in [6, 6.07) is 12.1. The van der Waals surface area contributed by atoms with Crippen molar-refractivity contribution in [3.63, 3.8) is 0 Å². The monoisotopic (exact) mass is 578 g/mol. The second kappa shape index (κ2) is 12.1. The van der Waals surface area contributed by atoms with Gasteiger partial charge in [0.1, 0.15) is 5.82 Å². The van der Waals surface area contributed by atoms with E-state index in [1.165, 1.54) is 0 Å². The molecular formula is C25H29Br2ClN4. The first kappa shape index (κ1) is 25.2. The quantitative estimate of drug-likeness (QED) is 0.265. The van der Waals surface area contributed by atoms with Crippen LogP contribution in [-0.4, -0.2) is 40.5 Å². The van der Waals surface area contributed by atoms with Crippen LogP contribution in [0.5, 0.6) is 0 Å². The van der Waals surface area contributed by atoms with E-state index < -0.39 is 0 Å². The molecule has 2 aromatic carbocycles. The van der Waals surface area contributed by atoms with Crippen LogP contribution in [0.2, 0.25) is 5.02 Å². The fourth-order valence-electron chi connectivity index (χ4n) is 3.57. The number of hydrogen-bond acceptors (Lipinski definition) is 4. The zero-order valence-corrected chi connectivity index (χ0v) is 22.6. The molecule has 0 spiro atoms. The van der Waals surface area contributed by atoms with Gasteiger partial charge in [0.05, 0.1) is 5.52 Å². The third-order valence-corrected chi connectivity index (χ3v) is 6.85. The van der Waals surface area contributed by atoms with E-state index in [1.54, 1.807) is 0 Å². The van der Waals surface area contributed by atoms with E-state index in [-0.39, 0.29) is 0 Å². The maximum atomic E-state index is 6.25. The number of rotatable bonds is 10. The van der Waals surface area contributed by atoms with Crippen LogP contribution < -0.4 is 5.32 Å². The first-order valence-corrected chi connectivity index (χ1v) is 12.9. The predicted molar refractivity (Wildman–Crippen MR) is 145 cm³/mol. The Hall–Kier alpha value is -1.47. The van der Waals surface area contributed by atoms with Crippen molar-refractivity contribution in [2.75, 3.05) is 25.0 Å². The van der Waals surface area contributed by atoms with Gasteiger partial charge in [-0.25, -0.2) is 9.97 Å². The van der Waals surface area contributed by atoms with Crippen LogP contribution in [0.4, 0.5) is 5.82 Å². The van der Waals surface area contributed by atoms with Crippen molar-refractivity contribution in [2.45, 2.75) is 39.7 Å². The molecule has 170 valence electrons. The summed E-state index contributed by atoms with van der Waals surface area (Å²) >= 11 is 13.3. The van der Waals surface area contributed by atoms with E-state index in [9.17, 15) is 0 Å². The highest BCUT2D eigenvalue weighted by Crippen LogP contribution is 2.27. The van der Waals surface area contributed by atoms with Crippen molar-refractivity contribution in [3.8, 4) is 0 Å². The van der Waals surface area contributed by atoms with Gasteiger partial charge in [-0.1, -0.05) is 69.5 Å². The van der Waals surface area contributed by atoms with Gasteiger partial charge in [0.25, 0.3) is 0 Å². The van der Waals surface area contributed by atoms with Gasteiger partial charge in [0.2, 0.25) is 0 Å². The predicted octanol–water partition coefficient (Wildman–Crippen LogP) is 7.90. The largest absolute Gasteiger partial charge is 0.367 e. The standard InChI is InChI=1S/C25H29Br2ClN4/c1-4-32(5-2)14-6-7-17(3)29-25-21-12-11-20(28)16-23(21)30-24(31-25)13-9-18-8-10-19(26)15-22(18)27/h8-13,15-17H,4-7,14H2,1-3H3,(H,29,30,31). The minimum atomic E-state index is 0.303. The third kappa shape index (κ3) is 7.01. The average molecular weight is 581 g/mol.